The van der Waals surface area contributed by atoms with Crippen LogP contribution in [0.2, 0.25) is 0 Å². The van der Waals surface area contributed by atoms with Gasteiger partial charge in [-0.25, -0.2) is 12.8 Å². The van der Waals surface area contributed by atoms with Crippen LogP contribution in [0.4, 0.5) is 10.1 Å². The molecule has 0 saturated heterocycles. The molecule has 4 nitrogen and oxygen atoms in total. The van der Waals surface area contributed by atoms with Gasteiger partial charge in [0.2, 0.25) is 0 Å². The number of benzene rings is 2. The van der Waals surface area contributed by atoms with Crippen LogP contribution in [0.15, 0.2) is 59.5 Å². The van der Waals surface area contributed by atoms with E-state index in [1.54, 1.807) is 30.3 Å². The Morgan fingerprint density at radius 2 is 1.60 bits per heavy atom. The maximum atomic E-state index is 12.9. The quantitative estimate of drug-likeness (QED) is 0.918. The van der Waals surface area contributed by atoms with Crippen LogP contribution in [0.25, 0.3) is 0 Å². The normalized spacial score (nSPS) is 11.3. The van der Waals surface area contributed by atoms with Crippen molar-refractivity contribution >= 4 is 15.7 Å². The van der Waals surface area contributed by atoms with E-state index in [0.29, 0.717) is 5.69 Å². The second kappa shape index (κ2) is 6.02. The first-order valence-corrected chi connectivity index (χ1v) is 7.44. The molecule has 0 bridgehead atoms. The third-order valence-electron chi connectivity index (χ3n) is 2.75. The van der Waals surface area contributed by atoms with Crippen molar-refractivity contribution in [3.63, 3.8) is 0 Å². The van der Waals surface area contributed by atoms with Gasteiger partial charge in [0.1, 0.15) is 5.82 Å². The summed E-state index contributed by atoms with van der Waals surface area (Å²) in [7, 11) is -3.83. The highest BCUT2D eigenvalue weighted by atomic mass is 32.2. The molecule has 0 saturated carbocycles. The van der Waals surface area contributed by atoms with Gasteiger partial charge in [-0.3, -0.25) is 4.31 Å². The molecule has 0 amide bonds. The van der Waals surface area contributed by atoms with Gasteiger partial charge in [-0.2, -0.15) is 0 Å². The van der Waals surface area contributed by atoms with Gasteiger partial charge in [-0.05, 0) is 36.4 Å². The fraction of sp³-hybridized carbons (Fsp3) is 0.143. The van der Waals surface area contributed by atoms with Crippen LogP contribution in [0.1, 0.15) is 0 Å². The standard InChI is InChI=1S/C14H14FNO3S/c15-12-6-8-14(9-7-12)20(18,19)16(10-11-17)13-4-2-1-3-5-13/h1-9,17H,10-11H2. The molecular weight excluding hydrogens is 281 g/mol. The summed E-state index contributed by atoms with van der Waals surface area (Å²) in [5.41, 5.74) is 0.450. The fourth-order valence-corrected chi connectivity index (χ4v) is 3.26. The number of para-hydroxylation sites is 1. The maximum absolute atomic E-state index is 12.9. The summed E-state index contributed by atoms with van der Waals surface area (Å²) in [4.78, 5) is -0.0174. The molecule has 0 radical (unpaired) electrons. The van der Waals surface area contributed by atoms with E-state index in [4.69, 9.17) is 5.11 Å². The SMILES string of the molecule is O=S(=O)(c1ccc(F)cc1)N(CCO)c1ccccc1. The number of aliphatic hydroxyl groups excluding tert-OH is 1. The van der Waals surface area contributed by atoms with Crippen molar-refractivity contribution in [2.24, 2.45) is 0 Å². The highest BCUT2D eigenvalue weighted by Crippen LogP contribution is 2.23. The fourth-order valence-electron chi connectivity index (χ4n) is 1.81. The Labute approximate surface area is 117 Å². The van der Waals surface area contributed by atoms with Crippen LogP contribution in [-0.2, 0) is 10.0 Å². The molecule has 0 aliphatic rings. The number of halogens is 1. The molecule has 0 atom stereocenters. The lowest BCUT2D eigenvalue weighted by atomic mass is 10.3. The molecular formula is C14H14FNO3S. The minimum Gasteiger partial charge on any atom is -0.394 e. The molecule has 0 unspecified atom stereocenters. The molecule has 20 heavy (non-hydrogen) atoms. The molecule has 2 aromatic carbocycles. The molecule has 0 spiro atoms. The Morgan fingerprint density at radius 3 is 2.15 bits per heavy atom. The molecule has 0 fully saturated rings. The highest BCUT2D eigenvalue weighted by molar-refractivity contribution is 7.92. The van der Waals surface area contributed by atoms with Gasteiger partial charge in [-0.1, -0.05) is 18.2 Å². The third kappa shape index (κ3) is 2.97. The van der Waals surface area contributed by atoms with E-state index in [0.717, 1.165) is 16.4 Å². The predicted molar refractivity (Wildman–Crippen MR) is 74.5 cm³/mol. The molecule has 0 aromatic heterocycles. The van der Waals surface area contributed by atoms with Gasteiger partial charge in [0.25, 0.3) is 10.0 Å². The second-order valence-corrected chi connectivity index (χ2v) is 5.95. The molecule has 1 N–H and O–H groups in total. The van der Waals surface area contributed by atoms with E-state index in [1.165, 1.54) is 12.1 Å². The monoisotopic (exact) mass is 295 g/mol. The number of anilines is 1. The average Bonchev–Trinajstić information content (AvgIpc) is 2.46. The Morgan fingerprint density at radius 1 is 1.00 bits per heavy atom. The van der Waals surface area contributed by atoms with E-state index in [9.17, 15) is 12.8 Å². The molecule has 106 valence electrons. The van der Waals surface area contributed by atoms with Crippen molar-refractivity contribution < 1.29 is 17.9 Å². The number of rotatable bonds is 5. The first-order valence-electron chi connectivity index (χ1n) is 6.00. The van der Waals surface area contributed by atoms with Crippen molar-refractivity contribution in [1.29, 1.82) is 0 Å². The van der Waals surface area contributed by atoms with Crippen LogP contribution < -0.4 is 4.31 Å². The van der Waals surface area contributed by atoms with Crippen molar-refractivity contribution in [1.82, 2.24) is 0 Å². The predicted octanol–water partition coefficient (Wildman–Crippen LogP) is 2.01. The van der Waals surface area contributed by atoms with Crippen LogP contribution in [0.5, 0.6) is 0 Å². The zero-order valence-electron chi connectivity index (χ0n) is 10.6. The van der Waals surface area contributed by atoms with Crippen molar-refractivity contribution in [3.8, 4) is 0 Å². The van der Waals surface area contributed by atoms with Crippen molar-refractivity contribution in [2.45, 2.75) is 4.90 Å². The van der Waals surface area contributed by atoms with Gasteiger partial charge in [0.05, 0.1) is 23.7 Å². The minimum atomic E-state index is -3.83. The molecule has 6 heteroatoms. The topological polar surface area (TPSA) is 57.6 Å². The lowest BCUT2D eigenvalue weighted by molar-refractivity contribution is 0.306. The zero-order chi connectivity index (χ0) is 14.6. The summed E-state index contributed by atoms with van der Waals surface area (Å²) in [6.07, 6.45) is 0. The first kappa shape index (κ1) is 14.5. The van der Waals surface area contributed by atoms with E-state index < -0.39 is 15.8 Å². The summed E-state index contributed by atoms with van der Waals surface area (Å²) >= 11 is 0. The summed E-state index contributed by atoms with van der Waals surface area (Å²) in [6.45, 7) is -0.376. The lowest BCUT2D eigenvalue weighted by Crippen LogP contribution is -2.33. The van der Waals surface area contributed by atoms with E-state index >= 15 is 0 Å². The average molecular weight is 295 g/mol. The molecule has 2 aromatic rings. The summed E-state index contributed by atoms with van der Waals surface area (Å²) in [6, 6.07) is 13.1. The van der Waals surface area contributed by atoms with E-state index in [1.807, 2.05) is 0 Å². The lowest BCUT2D eigenvalue weighted by Gasteiger charge is -2.23. The Hall–Kier alpha value is -1.92. The van der Waals surface area contributed by atoms with Crippen molar-refractivity contribution in [2.75, 3.05) is 17.5 Å². The summed E-state index contributed by atoms with van der Waals surface area (Å²) in [5.74, 6) is -0.502. The molecule has 0 aliphatic heterocycles. The third-order valence-corrected chi connectivity index (χ3v) is 4.59. The Bertz CT molecular complexity index is 657. The zero-order valence-corrected chi connectivity index (χ0v) is 11.4. The number of hydrogen-bond donors (Lipinski definition) is 1. The van der Waals surface area contributed by atoms with Gasteiger partial charge in [-0.15, -0.1) is 0 Å². The maximum Gasteiger partial charge on any atom is 0.264 e. The van der Waals surface area contributed by atoms with Crippen LogP contribution in [0, 0.1) is 5.82 Å². The van der Waals surface area contributed by atoms with Crippen molar-refractivity contribution in [3.05, 3.63) is 60.4 Å². The van der Waals surface area contributed by atoms with Crippen LogP contribution in [-0.4, -0.2) is 26.7 Å². The number of nitrogens with zero attached hydrogens (tertiary/aromatic N) is 1. The first-order chi connectivity index (χ1) is 9.55. The van der Waals surface area contributed by atoms with Gasteiger partial charge in [0.15, 0.2) is 0 Å². The number of aliphatic hydroxyl groups is 1. The van der Waals surface area contributed by atoms with E-state index in [-0.39, 0.29) is 18.0 Å². The van der Waals surface area contributed by atoms with Gasteiger partial charge in [0, 0.05) is 0 Å². The number of sulfonamides is 1. The van der Waals surface area contributed by atoms with Gasteiger partial charge >= 0.3 is 0 Å². The smallest absolute Gasteiger partial charge is 0.264 e. The summed E-state index contributed by atoms with van der Waals surface area (Å²) < 4.78 is 39.0. The largest absolute Gasteiger partial charge is 0.394 e. The number of hydrogen-bond acceptors (Lipinski definition) is 3. The highest BCUT2D eigenvalue weighted by Gasteiger charge is 2.24. The van der Waals surface area contributed by atoms with Crippen LogP contribution >= 0.6 is 0 Å². The second-order valence-electron chi connectivity index (χ2n) is 4.09. The molecule has 0 aliphatic carbocycles. The summed E-state index contributed by atoms with van der Waals surface area (Å²) in [5, 5.41) is 9.09. The Balaban J connectivity index is 2.45. The Kier molecular flexibility index (Phi) is 4.36. The van der Waals surface area contributed by atoms with Gasteiger partial charge < -0.3 is 5.11 Å². The molecule has 2 rings (SSSR count). The minimum absolute atomic E-state index is 0.0174. The van der Waals surface area contributed by atoms with E-state index in [2.05, 4.69) is 0 Å². The van der Waals surface area contributed by atoms with Crippen LogP contribution in [0.3, 0.4) is 0 Å². The molecule has 0 heterocycles.